The summed E-state index contributed by atoms with van der Waals surface area (Å²) in [6.45, 7) is 0.289. The third kappa shape index (κ3) is 3.54. The van der Waals surface area contributed by atoms with E-state index in [1.165, 1.54) is 19.2 Å². The molecule has 21 heavy (non-hydrogen) atoms. The summed E-state index contributed by atoms with van der Waals surface area (Å²) in [5.41, 5.74) is 0.535. The fraction of sp³-hybridized carbons (Fsp3) is 0.385. The topological polar surface area (TPSA) is 111 Å². The van der Waals surface area contributed by atoms with E-state index in [-0.39, 0.29) is 36.2 Å². The van der Waals surface area contributed by atoms with E-state index >= 15 is 0 Å². The Hall–Kier alpha value is -2.48. The molecule has 0 bridgehead atoms. The molecule has 2 rings (SSSR count). The number of benzene rings is 1. The van der Waals surface area contributed by atoms with Crippen molar-refractivity contribution >= 4 is 17.5 Å². The van der Waals surface area contributed by atoms with Crippen molar-refractivity contribution in [2.24, 2.45) is 0 Å². The quantitative estimate of drug-likeness (QED) is 0.464. The Morgan fingerprint density at radius 3 is 2.86 bits per heavy atom. The number of ether oxygens (including phenoxy) is 1. The van der Waals surface area contributed by atoms with Gasteiger partial charge in [-0.05, 0) is 18.1 Å². The molecule has 0 radical (unpaired) electrons. The van der Waals surface area contributed by atoms with Crippen molar-refractivity contribution in [1.29, 1.82) is 0 Å². The number of hydrogen-bond donors (Lipinski definition) is 2. The van der Waals surface area contributed by atoms with Crippen LogP contribution in [-0.4, -0.2) is 29.9 Å². The molecule has 2 amide bonds. The maximum atomic E-state index is 11.6. The molecule has 1 saturated heterocycles. The first kappa shape index (κ1) is 14.9. The Labute approximate surface area is 120 Å². The lowest BCUT2D eigenvalue weighted by atomic mass is 10.1. The van der Waals surface area contributed by atoms with Gasteiger partial charge in [0.2, 0.25) is 11.8 Å². The van der Waals surface area contributed by atoms with Gasteiger partial charge in [-0.15, -0.1) is 0 Å². The maximum Gasteiger partial charge on any atom is 0.311 e. The van der Waals surface area contributed by atoms with Gasteiger partial charge in [0, 0.05) is 19.0 Å². The van der Waals surface area contributed by atoms with E-state index in [2.05, 4.69) is 10.6 Å². The minimum absolute atomic E-state index is 0.125. The highest BCUT2D eigenvalue weighted by Crippen LogP contribution is 2.27. The summed E-state index contributed by atoms with van der Waals surface area (Å²) in [7, 11) is 1.36. The number of methoxy groups -OCH3 is 1. The number of piperidine rings is 1. The Balaban J connectivity index is 2.03. The van der Waals surface area contributed by atoms with Crippen LogP contribution in [0.3, 0.4) is 0 Å². The second kappa shape index (κ2) is 6.31. The summed E-state index contributed by atoms with van der Waals surface area (Å²) >= 11 is 0. The zero-order valence-corrected chi connectivity index (χ0v) is 11.4. The van der Waals surface area contributed by atoms with Crippen molar-refractivity contribution in [2.75, 3.05) is 7.11 Å². The predicted octanol–water partition coefficient (Wildman–Crippen LogP) is 0.498. The minimum atomic E-state index is -0.520. The van der Waals surface area contributed by atoms with Crippen LogP contribution in [-0.2, 0) is 16.1 Å². The van der Waals surface area contributed by atoms with E-state index < -0.39 is 11.0 Å². The molecule has 1 aromatic carbocycles. The first-order chi connectivity index (χ1) is 10.0. The van der Waals surface area contributed by atoms with Gasteiger partial charge in [-0.25, -0.2) is 0 Å². The molecule has 8 nitrogen and oxygen atoms in total. The maximum absolute atomic E-state index is 11.6. The van der Waals surface area contributed by atoms with Crippen molar-refractivity contribution in [1.82, 2.24) is 10.6 Å². The lowest BCUT2D eigenvalue weighted by Gasteiger charge is -2.21. The monoisotopic (exact) mass is 293 g/mol. The molecular formula is C13H15N3O5. The van der Waals surface area contributed by atoms with Crippen LogP contribution >= 0.6 is 0 Å². The second-order valence-corrected chi connectivity index (χ2v) is 4.65. The zero-order valence-electron chi connectivity index (χ0n) is 11.4. The number of nitro groups is 1. The molecule has 1 aliphatic heterocycles. The van der Waals surface area contributed by atoms with Crippen LogP contribution in [0.2, 0.25) is 0 Å². The van der Waals surface area contributed by atoms with Gasteiger partial charge in [0.15, 0.2) is 5.75 Å². The van der Waals surface area contributed by atoms with E-state index in [4.69, 9.17) is 4.74 Å². The number of amides is 2. The van der Waals surface area contributed by atoms with E-state index in [1.807, 2.05) is 0 Å². The number of carbonyl (C=O) groups is 2. The van der Waals surface area contributed by atoms with Gasteiger partial charge in [-0.2, -0.15) is 0 Å². The van der Waals surface area contributed by atoms with Crippen molar-refractivity contribution < 1.29 is 19.2 Å². The van der Waals surface area contributed by atoms with Crippen LogP contribution < -0.4 is 15.4 Å². The van der Waals surface area contributed by atoms with Gasteiger partial charge in [0.1, 0.15) is 0 Å². The number of imide groups is 1. The molecular weight excluding hydrogens is 278 g/mol. The zero-order chi connectivity index (χ0) is 15.4. The number of nitrogens with zero attached hydrogens (tertiary/aromatic N) is 1. The predicted molar refractivity (Wildman–Crippen MR) is 72.7 cm³/mol. The van der Waals surface area contributed by atoms with E-state index in [0.717, 1.165) is 0 Å². The number of carbonyl (C=O) groups excluding carboxylic acids is 2. The Bertz CT molecular complexity index is 587. The first-order valence-corrected chi connectivity index (χ1v) is 6.39. The Kier molecular flexibility index (Phi) is 4.49. The number of rotatable bonds is 5. The number of nitrogens with one attached hydrogen (secondary N) is 2. The summed E-state index contributed by atoms with van der Waals surface area (Å²) in [6, 6.07) is 4.13. The SMILES string of the molecule is COc1ccc(CNC2CCC(=O)NC2=O)cc1[N+](=O)[O-]. The highest BCUT2D eigenvalue weighted by atomic mass is 16.6. The molecule has 8 heteroatoms. The summed E-state index contributed by atoms with van der Waals surface area (Å²) in [4.78, 5) is 33.0. The lowest BCUT2D eigenvalue weighted by molar-refractivity contribution is -0.385. The van der Waals surface area contributed by atoms with Crippen LogP contribution in [0.25, 0.3) is 0 Å². The highest BCUT2D eigenvalue weighted by Gasteiger charge is 2.26. The van der Waals surface area contributed by atoms with Gasteiger partial charge < -0.3 is 10.1 Å². The van der Waals surface area contributed by atoms with Crippen LogP contribution in [0, 0.1) is 10.1 Å². The van der Waals surface area contributed by atoms with Crippen molar-refractivity contribution in [2.45, 2.75) is 25.4 Å². The fourth-order valence-corrected chi connectivity index (χ4v) is 2.12. The Morgan fingerprint density at radius 2 is 2.24 bits per heavy atom. The number of nitro benzene ring substituents is 1. The van der Waals surface area contributed by atoms with Crippen molar-refractivity contribution in [3.8, 4) is 5.75 Å². The molecule has 2 N–H and O–H groups in total. The van der Waals surface area contributed by atoms with Gasteiger partial charge in [-0.3, -0.25) is 25.0 Å². The summed E-state index contributed by atoms with van der Waals surface area (Å²) in [5.74, 6) is -0.461. The van der Waals surface area contributed by atoms with Crippen LogP contribution in [0.15, 0.2) is 18.2 Å². The molecule has 112 valence electrons. The van der Waals surface area contributed by atoms with Gasteiger partial charge >= 0.3 is 5.69 Å². The standard InChI is InChI=1S/C13H15N3O5/c1-21-11-4-2-8(6-10(11)16(19)20)7-14-9-3-5-12(17)15-13(9)18/h2,4,6,9,14H,3,5,7H2,1H3,(H,15,17,18). The minimum Gasteiger partial charge on any atom is -0.490 e. The van der Waals surface area contributed by atoms with E-state index in [1.54, 1.807) is 6.07 Å². The third-order valence-electron chi connectivity index (χ3n) is 3.23. The van der Waals surface area contributed by atoms with Crippen LogP contribution in [0.4, 0.5) is 5.69 Å². The molecule has 0 saturated carbocycles. The molecule has 1 aromatic rings. The van der Waals surface area contributed by atoms with Gasteiger partial charge in [0.05, 0.1) is 18.1 Å². The van der Waals surface area contributed by atoms with Gasteiger partial charge in [0.25, 0.3) is 0 Å². The molecule has 0 aromatic heterocycles. The van der Waals surface area contributed by atoms with E-state index in [9.17, 15) is 19.7 Å². The summed E-state index contributed by atoms with van der Waals surface area (Å²) in [5, 5.41) is 16.2. The average molecular weight is 293 g/mol. The normalized spacial score (nSPS) is 18.2. The average Bonchev–Trinajstić information content (AvgIpc) is 2.46. The molecule has 1 heterocycles. The van der Waals surface area contributed by atoms with Crippen molar-refractivity contribution in [3.63, 3.8) is 0 Å². The second-order valence-electron chi connectivity index (χ2n) is 4.65. The molecule has 1 atom stereocenters. The number of hydrogen-bond acceptors (Lipinski definition) is 6. The largest absolute Gasteiger partial charge is 0.490 e. The Morgan fingerprint density at radius 1 is 1.48 bits per heavy atom. The molecule has 1 unspecified atom stereocenters. The summed E-state index contributed by atoms with van der Waals surface area (Å²) in [6.07, 6.45) is 0.703. The highest BCUT2D eigenvalue weighted by molar-refractivity contribution is 6.00. The first-order valence-electron chi connectivity index (χ1n) is 6.39. The summed E-state index contributed by atoms with van der Waals surface area (Å²) < 4.78 is 4.92. The lowest BCUT2D eigenvalue weighted by Crippen LogP contribution is -2.50. The van der Waals surface area contributed by atoms with E-state index in [0.29, 0.717) is 12.0 Å². The van der Waals surface area contributed by atoms with Gasteiger partial charge in [-0.1, -0.05) is 6.07 Å². The van der Waals surface area contributed by atoms with Crippen LogP contribution in [0.5, 0.6) is 5.75 Å². The van der Waals surface area contributed by atoms with Crippen molar-refractivity contribution in [3.05, 3.63) is 33.9 Å². The fourth-order valence-electron chi connectivity index (χ4n) is 2.12. The molecule has 0 aliphatic carbocycles. The van der Waals surface area contributed by atoms with Crippen LogP contribution in [0.1, 0.15) is 18.4 Å². The molecule has 1 fully saturated rings. The third-order valence-corrected chi connectivity index (χ3v) is 3.23. The molecule has 0 spiro atoms. The molecule has 1 aliphatic rings. The smallest absolute Gasteiger partial charge is 0.311 e.